The van der Waals surface area contributed by atoms with Crippen LogP contribution in [0.15, 0.2) is 23.8 Å². The van der Waals surface area contributed by atoms with Crippen LogP contribution in [0, 0.1) is 0 Å². The van der Waals surface area contributed by atoms with Crippen molar-refractivity contribution in [3.05, 3.63) is 34.4 Å². The van der Waals surface area contributed by atoms with Crippen molar-refractivity contribution in [1.29, 1.82) is 0 Å². The van der Waals surface area contributed by atoms with Gasteiger partial charge in [-0.05, 0) is 31.2 Å². The SMILES string of the molecule is COc1ccc(Cl)cc1C=C(C(=O)O)C(C)N. The number of carboxylic acid groups (broad SMARTS) is 1. The van der Waals surface area contributed by atoms with Crippen LogP contribution in [-0.4, -0.2) is 24.2 Å². The van der Waals surface area contributed by atoms with E-state index in [-0.39, 0.29) is 5.57 Å². The number of hydrogen-bond acceptors (Lipinski definition) is 3. The summed E-state index contributed by atoms with van der Waals surface area (Å²) in [7, 11) is 1.51. The quantitative estimate of drug-likeness (QED) is 0.809. The molecule has 3 N–H and O–H groups in total. The van der Waals surface area contributed by atoms with E-state index in [4.69, 9.17) is 27.2 Å². The summed E-state index contributed by atoms with van der Waals surface area (Å²) < 4.78 is 5.12. The van der Waals surface area contributed by atoms with Crippen molar-refractivity contribution in [3.8, 4) is 5.75 Å². The van der Waals surface area contributed by atoms with Crippen LogP contribution in [0.3, 0.4) is 0 Å². The first-order valence-corrected chi connectivity index (χ1v) is 5.37. The number of aliphatic carboxylic acids is 1. The Morgan fingerprint density at radius 3 is 2.71 bits per heavy atom. The number of nitrogens with two attached hydrogens (primary N) is 1. The van der Waals surface area contributed by atoms with Crippen molar-refractivity contribution in [2.45, 2.75) is 13.0 Å². The number of carbonyl (C=O) groups is 1. The molecule has 5 heteroatoms. The van der Waals surface area contributed by atoms with Gasteiger partial charge in [-0.1, -0.05) is 11.6 Å². The molecule has 0 saturated carbocycles. The number of halogens is 1. The lowest BCUT2D eigenvalue weighted by Crippen LogP contribution is -2.23. The van der Waals surface area contributed by atoms with Crippen LogP contribution in [0.4, 0.5) is 0 Å². The van der Waals surface area contributed by atoms with Crippen molar-refractivity contribution in [3.63, 3.8) is 0 Å². The first-order chi connectivity index (χ1) is 7.95. The average Bonchev–Trinajstić information content (AvgIpc) is 2.25. The van der Waals surface area contributed by atoms with E-state index >= 15 is 0 Å². The van der Waals surface area contributed by atoms with E-state index in [1.54, 1.807) is 25.1 Å². The maximum Gasteiger partial charge on any atom is 0.333 e. The summed E-state index contributed by atoms with van der Waals surface area (Å²) in [4.78, 5) is 11.0. The molecule has 0 fully saturated rings. The Morgan fingerprint density at radius 2 is 2.24 bits per heavy atom. The van der Waals surface area contributed by atoms with Gasteiger partial charge in [0.05, 0.1) is 12.7 Å². The van der Waals surface area contributed by atoms with Gasteiger partial charge in [0.2, 0.25) is 0 Å². The van der Waals surface area contributed by atoms with Crippen LogP contribution >= 0.6 is 11.6 Å². The molecule has 0 aliphatic carbocycles. The van der Waals surface area contributed by atoms with E-state index < -0.39 is 12.0 Å². The maximum absolute atomic E-state index is 11.0. The van der Waals surface area contributed by atoms with Crippen LogP contribution < -0.4 is 10.5 Å². The van der Waals surface area contributed by atoms with E-state index in [1.165, 1.54) is 13.2 Å². The van der Waals surface area contributed by atoms with Gasteiger partial charge in [0.15, 0.2) is 0 Å². The minimum absolute atomic E-state index is 0.102. The third kappa shape index (κ3) is 3.47. The molecule has 0 radical (unpaired) electrons. The summed E-state index contributed by atoms with van der Waals surface area (Å²) in [5.41, 5.74) is 6.29. The average molecular weight is 256 g/mol. The van der Waals surface area contributed by atoms with E-state index in [0.29, 0.717) is 16.3 Å². The van der Waals surface area contributed by atoms with E-state index in [1.807, 2.05) is 0 Å². The van der Waals surface area contributed by atoms with Gasteiger partial charge >= 0.3 is 5.97 Å². The lowest BCUT2D eigenvalue weighted by Gasteiger charge is -2.09. The molecule has 17 heavy (non-hydrogen) atoms. The molecule has 0 spiro atoms. The minimum Gasteiger partial charge on any atom is -0.496 e. The Hall–Kier alpha value is -1.52. The lowest BCUT2D eigenvalue weighted by atomic mass is 10.1. The highest BCUT2D eigenvalue weighted by atomic mass is 35.5. The third-order valence-corrected chi connectivity index (χ3v) is 2.48. The first-order valence-electron chi connectivity index (χ1n) is 4.99. The third-order valence-electron chi connectivity index (χ3n) is 2.24. The summed E-state index contributed by atoms with van der Waals surface area (Å²) in [6.07, 6.45) is 1.47. The Kier molecular flexibility index (Phi) is 4.54. The standard InChI is InChI=1S/C12H14ClNO3/c1-7(14)10(12(15)16)6-8-5-9(13)3-4-11(8)17-2/h3-7H,14H2,1-2H3,(H,15,16). The van der Waals surface area contributed by atoms with Crippen LogP contribution in [0.1, 0.15) is 12.5 Å². The van der Waals surface area contributed by atoms with Crippen LogP contribution in [-0.2, 0) is 4.79 Å². The molecular weight excluding hydrogens is 242 g/mol. The molecular formula is C12H14ClNO3. The number of rotatable bonds is 4. The Bertz CT molecular complexity index is 455. The molecule has 0 saturated heterocycles. The number of hydrogen-bond donors (Lipinski definition) is 2. The fourth-order valence-corrected chi connectivity index (χ4v) is 1.55. The molecule has 0 amide bonds. The number of benzene rings is 1. The fourth-order valence-electron chi connectivity index (χ4n) is 1.37. The summed E-state index contributed by atoms with van der Waals surface area (Å²) in [6.45, 7) is 1.61. The zero-order chi connectivity index (χ0) is 13.0. The normalized spacial score (nSPS) is 13.3. The van der Waals surface area contributed by atoms with Crippen LogP contribution in [0.5, 0.6) is 5.75 Å². The molecule has 1 atom stereocenters. The van der Waals surface area contributed by atoms with E-state index in [2.05, 4.69) is 0 Å². The number of ether oxygens (including phenoxy) is 1. The highest BCUT2D eigenvalue weighted by Crippen LogP contribution is 2.25. The highest BCUT2D eigenvalue weighted by molar-refractivity contribution is 6.30. The largest absolute Gasteiger partial charge is 0.496 e. The van der Waals surface area contributed by atoms with Crippen LogP contribution in [0.25, 0.3) is 6.08 Å². The Labute approximate surface area is 105 Å². The van der Waals surface area contributed by atoms with Gasteiger partial charge in [-0.2, -0.15) is 0 Å². The van der Waals surface area contributed by atoms with Gasteiger partial charge in [0.25, 0.3) is 0 Å². The molecule has 0 aliphatic heterocycles. The number of methoxy groups -OCH3 is 1. The van der Waals surface area contributed by atoms with Gasteiger partial charge in [0.1, 0.15) is 5.75 Å². The van der Waals surface area contributed by atoms with Crippen LogP contribution in [0.2, 0.25) is 5.02 Å². The van der Waals surface area contributed by atoms with Crippen molar-refractivity contribution in [2.24, 2.45) is 5.73 Å². The van der Waals surface area contributed by atoms with Gasteiger partial charge in [-0.25, -0.2) is 4.79 Å². The van der Waals surface area contributed by atoms with Gasteiger partial charge in [-0.15, -0.1) is 0 Å². The highest BCUT2D eigenvalue weighted by Gasteiger charge is 2.13. The monoisotopic (exact) mass is 255 g/mol. The molecule has 0 bridgehead atoms. The Morgan fingerprint density at radius 1 is 1.59 bits per heavy atom. The zero-order valence-corrected chi connectivity index (χ0v) is 10.4. The molecule has 1 aromatic rings. The first kappa shape index (κ1) is 13.5. The summed E-state index contributed by atoms with van der Waals surface area (Å²) in [5.74, 6) is -0.504. The summed E-state index contributed by atoms with van der Waals surface area (Å²) in [6, 6.07) is 4.40. The van der Waals surface area contributed by atoms with Gasteiger partial charge in [-0.3, -0.25) is 0 Å². The number of carboxylic acids is 1. The molecule has 0 aromatic heterocycles. The molecule has 92 valence electrons. The van der Waals surface area contributed by atoms with Crippen molar-refractivity contribution in [2.75, 3.05) is 7.11 Å². The van der Waals surface area contributed by atoms with E-state index in [9.17, 15) is 4.79 Å². The maximum atomic E-state index is 11.0. The molecule has 0 heterocycles. The van der Waals surface area contributed by atoms with Crippen molar-refractivity contribution < 1.29 is 14.6 Å². The summed E-state index contributed by atoms with van der Waals surface area (Å²) >= 11 is 5.85. The minimum atomic E-state index is -1.05. The van der Waals surface area contributed by atoms with Gasteiger partial charge < -0.3 is 15.6 Å². The van der Waals surface area contributed by atoms with Crippen molar-refractivity contribution in [1.82, 2.24) is 0 Å². The van der Waals surface area contributed by atoms with Crippen molar-refractivity contribution >= 4 is 23.6 Å². The predicted molar refractivity (Wildman–Crippen MR) is 67.3 cm³/mol. The predicted octanol–water partition coefficient (Wildman–Crippen LogP) is 2.16. The topological polar surface area (TPSA) is 72.5 Å². The second kappa shape index (κ2) is 5.70. The summed E-state index contributed by atoms with van der Waals surface area (Å²) in [5, 5.41) is 9.52. The zero-order valence-electron chi connectivity index (χ0n) is 9.61. The molecule has 1 aromatic carbocycles. The molecule has 4 nitrogen and oxygen atoms in total. The molecule has 0 aliphatic rings. The lowest BCUT2D eigenvalue weighted by molar-refractivity contribution is -0.132. The smallest absolute Gasteiger partial charge is 0.333 e. The second-order valence-corrected chi connectivity index (χ2v) is 4.02. The van der Waals surface area contributed by atoms with E-state index in [0.717, 1.165) is 0 Å². The second-order valence-electron chi connectivity index (χ2n) is 3.58. The molecule has 1 unspecified atom stereocenters. The Balaban J connectivity index is 3.27. The van der Waals surface area contributed by atoms with Gasteiger partial charge in [0, 0.05) is 16.6 Å². The fraction of sp³-hybridized carbons (Fsp3) is 0.250. The molecule has 1 rings (SSSR count).